The molecule has 1 aromatic rings. The highest BCUT2D eigenvalue weighted by Crippen LogP contribution is 2.47. The molecule has 0 aromatic heterocycles. The number of carbonyl (C=O) groups excluding carboxylic acids is 3. The molecule has 10 nitrogen and oxygen atoms in total. The molecule has 2 saturated heterocycles. The summed E-state index contributed by atoms with van der Waals surface area (Å²) in [5, 5.41) is 24.6. The number of ketones is 1. The Hall–Kier alpha value is -3.02. The number of fused-ring (bicyclic) bond motifs is 5. The Kier molecular flexibility index (Phi) is 17.2. The maximum Gasteiger partial charge on any atom is 0.316 e. The van der Waals surface area contributed by atoms with E-state index in [1.54, 1.807) is 13.8 Å². The van der Waals surface area contributed by atoms with Gasteiger partial charge < -0.3 is 29.3 Å². The second kappa shape index (κ2) is 21.0. The molecule has 3 fully saturated rings. The fourth-order valence-electron chi connectivity index (χ4n) is 10.1. The molecule has 1 saturated carbocycles. The number of aliphatic hydroxyl groups excluding tert-OH is 1. The Balaban J connectivity index is 1.95. The van der Waals surface area contributed by atoms with E-state index in [4.69, 9.17) is 14.2 Å². The molecule has 10 heteroatoms. The third-order valence-corrected chi connectivity index (χ3v) is 13.6. The van der Waals surface area contributed by atoms with Crippen molar-refractivity contribution < 1.29 is 38.8 Å². The number of aliphatic imine (C=N–C) groups is 1. The van der Waals surface area contributed by atoms with Gasteiger partial charge in [0.2, 0.25) is 5.91 Å². The number of amides is 1. The third-order valence-electron chi connectivity index (χ3n) is 13.6. The zero-order valence-electron chi connectivity index (χ0n) is 37.3. The van der Waals surface area contributed by atoms with Crippen molar-refractivity contribution in [3.05, 3.63) is 53.6 Å². The van der Waals surface area contributed by atoms with E-state index in [2.05, 4.69) is 61.0 Å². The Labute approximate surface area is 348 Å². The summed E-state index contributed by atoms with van der Waals surface area (Å²) >= 11 is 0. The predicted octanol–water partition coefficient (Wildman–Crippen LogP) is 8.38. The number of nitrogens with zero attached hydrogens (tertiary/aromatic N) is 2. The van der Waals surface area contributed by atoms with Crippen LogP contribution in [-0.4, -0.2) is 94.4 Å². The number of hydrogen-bond acceptors (Lipinski definition) is 9. The van der Waals surface area contributed by atoms with Crippen LogP contribution in [0.25, 0.3) is 6.08 Å². The maximum atomic E-state index is 14.6. The summed E-state index contributed by atoms with van der Waals surface area (Å²) in [6.07, 6.45) is 8.27. The Morgan fingerprint density at radius 1 is 1.05 bits per heavy atom. The fourth-order valence-corrected chi connectivity index (χ4v) is 10.1. The van der Waals surface area contributed by atoms with E-state index < -0.39 is 59.3 Å². The number of carbonyl (C=O) groups is 3. The van der Waals surface area contributed by atoms with Gasteiger partial charge in [0.05, 0.1) is 12.2 Å². The molecule has 4 rings (SSSR count). The lowest BCUT2D eigenvalue weighted by Crippen LogP contribution is -2.58. The molecule has 58 heavy (non-hydrogen) atoms. The van der Waals surface area contributed by atoms with Crippen molar-refractivity contribution >= 4 is 29.4 Å². The van der Waals surface area contributed by atoms with E-state index in [0.717, 1.165) is 30.5 Å². The van der Waals surface area contributed by atoms with E-state index in [0.29, 0.717) is 50.7 Å². The number of unbranched alkanes of at least 4 members (excludes halogenated alkanes) is 1. The number of rotatable bonds is 9. The number of allylic oxidation sites excluding steroid dienone is 3. The molecular weight excluding hydrogens is 733 g/mol. The van der Waals surface area contributed by atoms with Crippen molar-refractivity contribution in [2.45, 2.75) is 169 Å². The molecule has 2 aliphatic heterocycles. The SMILES string of the molecule is CCCCN(C)[C@H]1C[C@@H](C)O[C@@H](O[C@@H]2[C@@H](C)C(=O)[C@@H](C)C(=O)O[C@H](CC)[C@@](C)(O)[C@@H]3CC/C(=C\C=C\c4ccccc4)CC[C@]2(C)C[C@@H](C)/C(=N\C(C)=O)[C@@H]3C)[C@@H]1O. The van der Waals surface area contributed by atoms with Gasteiger partial charge in [-0.3, -0.25) is 14.4 Å². The van der Waals surface area contributed by atoms with E-state index in [9.17, 15) is 24.6 Å². The summed E-state index contributed by atoms with van der Waals surface area (Å²) < 4.78 is 19.6. The molecule has 2 bridgehead atoms. The van der Waals surface area contributed by atoms with Crippen LogP contribution in [0.5, 0.6) is 0 Å². The summed E-state index contributed by atoms with van der Waals surface area (Å²) in [5.74, 6) is -4.39. The smallest absolute Gasteiger partial charge is 0.316 e. The second-order valence-corrected chi connectivity index (χ2v) is 18.3. The van der Waals surface area contributed by atoms with E-state index in [1.807, 2.05) is 52.9 Å². The number of cyclic esters (lactones) is 1. The molecule has 0 radical (unpaired) electrons. The van der Waals surface area contributed by atoms with Gasteiger partial charge in [-0.2, -0.15) is 0 Å². The Morgan fingerprint density at radius 3 is 2.38 bits per heavy atom. The highest BCUT2D eigenvalue weighted by molar-refractivity contribution is 6.00. The monoisotopic (exact) mass is 807 g/mol. The summed E-state index contributed by atoms with van der Waals surface area (Å²) in [6.45, 7) is 19.6. The number of esters is 1. The highest BCUT2D eigenvalue weighted by atomic mass is 16.7. The zero-order valence-corrected chi connectivity index (χ0v) is 37.3. The van der Waals surface area contributed by atoms with Crippen LogP contribution in [0.4, 0.5) is 0 Å². The molecule has 1 aliphatic carbocycles. The van der Waals surface area contributed by atoms with Gasteiger partial charge in [0.15, 0.2) is 12.1 Å². The lowest BCUT2D eigenvalue weighted by molar-refractivity contribution is -0.287. The van der Waals surface area contributed by atoms with Gasteiger partial charge in [-0.15, -0.1) is 0 Å². The molecule has 0 spiro atoms. The van der Waals surface area contributed by atoms with Gasteiger partial charge in [-0.05, 0) is 109 Å². The van der Waals surface area contributed by atoms with Gasteiger partial charge in [0.25, 0.3) is 0 Å². The second-order valence-electron chi connectivity index (χ2n) is 18.3. The fraction of sp³-hybridized carbons (Fsp3) is 0.708. The molecule has 1 amide bonds. The largest absolute Gasteiger partial charge is 0.459 e. The summed E-state index contributed by atoms with van der Waals surface area (Å²) in [6, 6.07) is 9.90. The first-order chi connectivity index (χ1) is 27.3. The number of hydrogen-bond donors (Lipinski definition) is 2. The average molecular weight is 807 g/mol. The normalized spacial score (nSPS) is 38.7. The van der Waals surface area contributed by atoms with Crippen molar-refractivity contribution in [2.75, 3.05) is 13.6 Å². The van der Waals surface area contributed by atoms with Crippen LogP contribution < -0.4 is 0 Å². The lowest BCUT2D eigenvalue weighted by atomic mass is 9.65. The van der Waals surface area contributed by atoms with Crippen molar-refractivity contribution in [3.8, 4) is 0 Å². The molecular formula is C48H74N2O8. The standard InChI is InChI=1S/C48H74N2O8/c1-12-14-27-50(11)39-28-31(4)56-46(43(39)53)58-44-33(6)42(52)34(7)45(54)57-40(13-2)48(10,55)38-24-23-37(22-18-21-36-19-16-15-17-20-36)25-26-47(44,9)29-30(3)41(32(38)5)49-35(8)51/h15-22,30-34,38-40,43-44,46,53,55H,12-14,23-29H2,1-11H3/b21-18+,37-22+,49-41+/t30-,31-,32-,33+,34-,38-,39+,40-,43-,44-,46+,47-,48+/m1/s1. The van der Waals surface area contributed by atoms with Crippen LogP contribution in [0.2, 0.25) is 0 Å². The summed E-state index contributed by atoms with van der Waals surface area (Å²) in [5.41, 5.74) is 0.652. The van der Waals surface area contributed by atoms with Gasteiger partial charge in [0, 0.05) is 30.5 Å². The molecule has 324 valence electrons. The summed E-state index contributed by atoms with van der Waals surface area (Å²) in [4.78, 5) is 48.4. The number of Topliss-reactive ketones (excluding diaryl/α,β-unsaturated/α-hetero) is 1. The minimum absolute atomic E-state index is 0.211. The molecule has 13 atom stereocenters. The van der Waals surface area contributed by atoms with Crippen molar-refractivity contribution in [2.24, 2.45) is 40.0 Å². The van der Waals surface area contributed by atoms with Crippen molar-refractivity contribution in [3.63, 3.8) is 0 Å². The van der Waals surface area contributed by atoms with Crippen LogP contribution in [0, 0.1) is 35.0 Å². The predicted molar refractivity (Wildman–Crippen MR) is 230 cm³/mol. The first-order valence-electron chi connectivity index (χ1n) is 22.0. The van der Waals surface area contributed by atoms with Crippen LogP contribution in [0.15, 0.2) is 53.0 Å². The minimum atomic E-state index is -1.51. The van der Waals surface area contributed by atoms with Crippen LogP contribution in [-0.2, 0) is 28.6 Å². The highest BCUT2D eigenvalue weighted by Gasteiger charge is 2.51. The molecule has 2 N–H and O–H groups in total. The van der Waals surface area contributed by atoms with Gasteiger partial charge >= 0.3 is 5.97 Å². The Bertz CT molecular complexity index is 1620. The zero-order chi connectivity index (χ0) is 42.9. The first-order valence-corrected chi connectivity index (χ1v) is 22.0. The quantitative estimate of drug-likeness (QED) is 0.186. The average Bonchev–Trinajstić information content (AvgIpc) is 3.19. The topological polar surface area (TPSA) is 135 Å². The summed E-state index contributed by atoms with van der Waals surface area (Å²) in [7, 11) is 2.03. The molecule has 0 unspecified atom stereocenters. The van der Waals surface area contributed by atoms with Crippen LogP contribution >= 0.6 is 0 Å². The van der Waals surface area contributed by atoms with Gasteiger partial charge in [0.1, 0.15) is 23.7 Å². The third kappa shape index (κ3) is 11.6. The number of aliphatic hydroxyl groups is 2. The lowest BCUT2D eigenvalue weighted by Gasteiger charge is -2.48. The maximum absolute atomic E-state index is 14.6. The molecule has 1 aromatic carbocycles. The van der Waals surface area contributed by atoms with Crippen LogP contribution in [0.3, 0.4) is 0 Å². The van der Waals surface area contributed by atoms with E-state index >= 15 is 0 Å². The van der Waals surface area contributed by atoms with Crippen molar-refractivity contribution in [1.29, 1.82) is 0 Å². The van der Waals surface area contributed by atoms with E-state index in [-0.39, 0.29) is 35.7 Å². The van der Waals surface area contributed by atoms with E-state index in [1.165, 1.54) is 6.92 Å². The van der Waals surface area contributed by atoms with Crippen LogP contribution in [0.1, 0.15) is 133 Å². The van der Waals surface area contributed by atoms with Gasteiger partial charge in [-0.1, -0.05) is 102 Å². The number of benzene rings is 1. The Morgan fingerprint density at radius 2 is 1.74 bits per heavy atom. The number of likely N-dealkylation sites (N-methyl/N-ethyl adjacent to an activating group) is 1. The number of ether oxygens (including phenoxy) is 3. The van der Waals surface area contributed by atoms with Gasteiger partial charge in [-0.25, -0.2) is 4.99 Å². The minimum Gasteiger partial charge on any atom is -0.459 e. The molecule has 3 aliphatic rings. The van der Waals surface area contributed by atoms with Crippen molar-refractivity contribution in [1.82, 2.24) is 4.90 Å². The molecule has 2 heterocycles. The first kappa shape index (κ1) is 47.7.